The highest BCUT2D eigenvalue weighted by atomic mass is 16.6. The monoisotopic (exact) mass is 696 g/mol. The van der Waals surface area contributed by atoms with Gasteiger partial charge in [-0.15, -0.1) is 0 Å². The molecule has 1 heterocycles. The Morgan fingerprint density at radius 2 is 1.28 bits per heavy atom. The van der Waals surface area contributed by atoms with Gasteiger partial charge in [-0.1, -0.05) is 84.0 Å². The summed E-state index contributed by atoms with van der Waals surface area (Å²) in [6, 6.07) is 6.52. The van der Waals surface area contributed by atoms with Crippen molar-refractivity contribution in [2.75, 3.05) is 0 Å². The number of carbonyl (C=O) groups is 2. The third-order valence-electron chi connectivity index (χ3n) is 8.88. The summed E-state index contributed by atoms with van der Waals surface area (Å²) < 4.78 is 17.0. The molecule has 0 aliphatic carbocycles. The van der Waals surface area contributed by atoms with Gasteiger partial charge in [0, 0.05) is 36.1 Å². The van der Waals surface area contributed by atoms with Crippen LogP contribution in [0.3, 0.4) is 0 Å². The van der Waals surface area contributed by atoms with Gasteiger partial charge in [-0.25, -0.2) is 4.79 Å². The number of phenols is 7. The number of fused-ring (bicyclic) bond motifs is 1. The number of hydrogen-bond donors (Lipinski definition) is 7. The summed E-state index contributed by atoms with van der Waals surface area (Å²) in [5.41, 5.74) is -0.194. The van der Waals surface area contributed by atoms with Crippen LogP contribution >= 0.6 is 0 Å². The molecule has 0 bridgehead atoms. The summed E-state index contributed by atoms with van der Waals surface area (Å²) in [4.78, 5) is 25.8. The highest BCUT2D eigenvalue weighted by Crippen LogP contribution is 2.48. The quantitative estimate of drug-likeness (QED) is 0.0293. The molecule has 12 heteroatoms. The maximum atomic E-state index is 13.1. The Balaban J connectivity index is 1.39. The van der Waals surface area contributed by atoms with Gasteiger partial charge in [-0.2, -0.15) is 0 Å². The van der Waals surface area contributed by atoms with Crippen LogP contribution in [-0.2, 0) is 16.0 Å². The summed E-state index contributed by atoms with van der Waals surface area (Å²) in [7, 11) is 0. The molecule has 0 saturated carbocycles. The second kappa shape index (κ2) is 18.1. The lowest BCUT2D eigenvalue weighted by atomic mass is 9.93. The average molecular weight is 697 g/mol. The van der Waals surface area contributed by atoms with E-state index in [1.54, 1.807) is 0 Å². The Kier molecular flexibility index (Phi) is 13.7. The zero-order valence-electron chi connectivity index (χ0n) is 28.4. The third kappa shape index (κ3) is 10.0. The molecule has 3 aromatic carbocycles. The van der Waals surface area contributed by atoms with Crippen LogP contribution in [0, 0.1) is 0 Å². The first kappa shape index (κ1) is 37.8. The average Bonchev–Trinajstić information content (AvgIpc) is 3.07. The SMILES string of the molecule is CCCCCCCCCCCCCCCC(=O)Oc1c(O)ccc(C2Oc3cc(O)cc(O)c3CC2OC(=O)c2cc(O)c(O)c(O)c2)c1O. The molecule has 2 atom stereocenters. The molecule has 0 spiro atoms. The van der Waals surface area contributed by atoms with Crippen molar-refractivity contribution < 1.29 is 59.5 Å². The van der Waals surface area contributed by atoms with Gasteiger partial charge in [0.15, 0.2) is 34.9 Å². The molecular formula is C38H48O12. The third-order valence-corrected chi connectivity index (χ3v) is 8.88. The molecule has 0 fully saturated rings. The van der Waals surface area contributed by atoms with Crippen LogP contribution in [0.2, 0.25) is 0 Å². The smallest absolute Gasteiger partial charge is 0.338 e. The van der Waals surface area contributed by atoms with Crippen molar-refractivity contribution in [3.63, 3.8) is 0 Å². The van der Waals surface area contributed by atoms with E-state index in [0.29, 0.717) is 6.42 Å². The van der Waals surface area contributed by atoms with Crippen LogP contribution in [0.5, 0.6) is 51.7 Å². The van der Waals surface area contributed by atoms with Crippen molar-refractivity contribution in [2.24, 2.45) is 0 Å². The molecule has 4 rings (SSSR count). The number of aromatic hydroxyl groups is 7. The lowest BCUT2D eigenvalue weighted by Crippen LogP contribution is -2.35. The first-order chi connectivity index (χ1) is 24.0. The molecule has 2 unspecified atom stereocenters. The fourth-order valence-corrected chi connectivity index (χ4v) is 6.10. The van der Waals surface area contributed by atoms with E-state index in [2.05, 4.69) is 6.92 Å². The fourth-order valence-electron chi connectivity index (χ4n) is 6.10. The number of phenolic OH excluding ortho intramolecular Hbond substituents is 7. The van der Waals surface area contributed by atoms with Crippen LogP contribution < -0.4 is 9.47 Å². The van der Waals surface area contributed by atoms with Crippen molar-refractivity contribution in [2.45, 2.75) is 115 Å². The minimum Gasteiger partial charge on any atom is -0.508 e. The van der Waals surface area contributed by atoms with Gasteiger partial charge in [0.05, 0.1) is 5.56 Å². The van der Waals surface area contributed by atoms with Crippen molar-refractivity contribution >= 4 is 11.9 Å². The molecule has 0 amide bonds. The van der Waals surface area contributed by atoms with Crippen LogP contribution in [0.15, 0.2) is 36.4 Å². The van der Waals surface area contributed by atoms with E-state index in [0.717, 1.165) is 43.9 Å². The van der Waals surface area contributed by atoms with E-state index in [4.69, 9.17) is 14.2 Å². The molecule has 272 valence electrons. The number of unbranched alkanes of at least 4 members (excludes halogenated alkanes) is 12. The lowest BCUT2D eigenvalue weighted by Gasteiger charge is -2.34. The summed E-state index contributed by atoms with van der Waals surface area (Å²) in [6.45, 7) is 2.22. The Morgan fingerprint density at radius 3 is 1.88 bits per heavy atom. The molecular weight excluding hydrogens is 648 g/mol. The van der Waals surface area contributed by atoms with Crippen molar-refractivity contribution in [1.29, 1.82) is 0 Å². The summed E-state index contributed by atoms with van der Waals surface area (Å²) >= 11 is 0. The van der Waals surface area contributed by atoms with Gasteiger partial charge in [-0.3, -0.25) is 4.79 Å². The topological polar surface area (TPSA) is 203 Å². The van der Waals surface area contributed by atoms with E-state index in [-0.39, 0.29) is 46.8 Å². The number of rotatable bonds is 18. The maximum absolute atomic E-state index is 13.1. The highest BCUT2D eigenvalue weighted by molar-refractivity contribution is 5.91. The van der Waals surface area contributed by atoms with Gasteiger partial charge in [-0.05, 0) is 30.7 Å². The number of hydrogen-bond acceptors (Lipinski definition) is 12. The molecule has 0 radical (unpaired) electrons. The first-order valence-corrected chi connectivity index (χ1v) is 17.4. The maximum Gasteiger partial charge on any atom is 0.338 e. The molecule has 0 saturated heterocycles. The number of ether oxygens (including phenoxy) is 3. The molecule has 0 aromatic heterocycles. The summed E-state index contributed by atoms with van der Waals surface area (Å²) in [5, 5.41) is 71.7. The summed E-state index contributed by atoms with van der Waals surface area (Å²) in [5.74, 6) is -6.40. The van der Waals surface area contributed by atoms with Crippen LogP contribution in [-0.4, -0.2) is 53.8 Å². The fraction of sp³-hybridized carbons (Fsp3) is 0.474. The van der Waals surface area contributed by atoms with Crippen LogP contribution in [0.1, 0.15) is 124 Å². The van der Waals surface area contributed by atoms with E-state index in [1.165, 1.54) is 69.6 Å². The van der Waals surface area contributed by atoms with E-state index in [1.807, 2.05) is 0 Å². The first-order valence-electron chi connectivity index (χ1n) is 17.4. The van der Waals surface area contributed by atoms with Gasteiger partial charge in [0.1, 0.15) is 23.4 Å². The normalized spacial score (nSPS) is 15.2. The summed E-state index contributed by atoms with van der Waals surface area (Å²) in [6.07, 6.45) is 12.2. The second-order valence-corrected chi connectivity index (χ2v) is 12.8. The zero-order chi connectivity index (χ0) is 36.2. The zero-order valence-corrected chi connectivity index (χ0v) is 28.4. The highest BCUT2D eigenvalue weighted by Gasteiger charge is 2.39. The molecule has 7 N–H and O–H groups in total. The largest absolute Gasteiger partial charge is 0.508 e. The van der Waals surface area contributed by atoms with Gasteiger partial charge < -0.3 is 50.0 Å². The predicted molar refractivity (Wildman–Crippen MR) is 183 cm³/mol. The molecule has 50 heavy (non-hydrogen) atoms. The van der Waals surface area contributed by atoms with E-state index < -0.39 is 58.6 Å². The van der Waals surface area contributed by atoms with Gasteiger partial charge in [0.25, 0.3) is 0 Å². The predicted octanol–water partition coefficient (Wildman–Crippen LogP) is 7.91. The number of esters is 2. The molecule has 3 aromatic rings. The molecule has 12 nitrogen and oxygen atoms in total. The number of carbonyl (C=O) groups excluding carboxylic acids is 2. The van der Waals surface area contributed by atoms with Crippen molar-refractivity contribution in [3.8, 4) is 51.7 Å². The second-order valence-electron chi connectivity index (χ2n) is 12.8. The Morgan fingerprint density at radius 1 is 0.700 bits per heavy atom. The van der Waals surface area contributed by atoms with Crippen LogP contribution in [0.25, 0.3) is 0 Å². The minimum atomic E-state index is -1.31. The molecule has 1 aliphatic heterocycles. The Bertz CT molecular complexity index is 1590. The van der Waals surface area contributed by atoms with Crippen molar-refractivity contribution in [1.82, 2.24) is 0 Å². The van der Waals surface area contributed by atoms with Crippen molar-refractivity contribution in [3.05, 3.63) is 53.1 Å². The van der Waals surface area contributed by atoms with Crippen LogP contribution in [0.4, 0.5) is 0 Å². The lowest BCUT2D eigenvalue weighted by molar-refractivity contribution is -0.134. The van der Waals surface area contributed by atoms with Gasteiger partial charge >= 0.3 is 11.9 Å². The number of benzene rings is 3. The van der Waals surface area contributed by atoms with Gasteiger partial charge in [0.2, 0.25) is 5.75 Å². The van der Waals surface area contributed by atoms with E-state index >= 15 is 0 Å². The molecule has 1 aliphatic rings. The van der Waals surface area contributed by atoms with E-state index in [9.17, 15) is 45.3 Å². The Labute approximate surface area is 291 Å². The minimum absolute atomic E-state index is 0.0214. The standard InChI is InChI=1S/C38H48O12/c1-2-3-4-5-6-7-8-9-10-11-12-13-14-15-33(44)50-37-27(40)17-16-25(34(37)45)36-32(22-26-28(41)20-24(39)21-31(26)48-36)49-38(47)23-18-29(42)35(46)30(43)19-23/h16-21,32,36,39-43,45-46H,2-15,22H2,1H3. The Hall–Kier alpha value is -5.00.